The van der Waals surface area contributed by atoms with Crippen LogP contribution in [0.1, 0.15) is 18.7 Å². The number of aryl methyl sites for hydroxylation is 1. The molecule has 0 spiro atoms. The summed E-state index contributed by atoms with van der Waals surface area (Å²) in [7, 11) is 0. The van der Waals surface area contributed by atoms with Crippen molar-refractivity contribution in [2.45, 2.75) is 19.9 Å². The topological polar surface area (TPSA) is 90.0 Å². The van der Waals surface area contributed by atoms with Crippen molar-refractivity contribution in [1.29, 1.82) is 0 Å². The van der Waals surface area contributed by atoms with Crippen LogP contribution in [0.25, 0.3) is 11.5 Å². The van der Waals surface area contributed by atoms with Gasteiger partial charge < -0.3 is 9.73 Å². The van der Waals surface area contributed by atoms with Gasteiger partial charge in [-0.3, -0.25) is 9.59 Å². The molecule has 118 valence electrons. The van der Waals surface area contributed by atoms with E-state index in [1.54, 1.807) is 25.1 Å². The minimum Gasteiger partial charge on any atom is -0.463 e. The van der Waals surface area contributed by atoms with E-state index in [1.165, 1.54) is 23.7 Å². The number of nitrogens with one attached hydrogen (secondary N) is 1. The number of hydrogen-bond acceptors (Lipinski definition) is 6. The largest absolute Gasteiger partial charge is 0.463 e. The first-order valence-electron chi connectivity index (χ1n) is 6.91. The van der Waals surface area contributed by atoms with Crippen LogP contribution < -0.4 is 10.9 Å². The lowest BCUT2D eigenvalue weighted by atomic mass is 10.3. The molecule has 0 aliphatic heterocycles. The Bertz CT molecular complexity index is 882. The smallest absolute Gasteiger partial charge is 0.267 e. The number of aromatic nitrogens is 3. The van der Waals surface area contributed by atoms with Crippen LogP contribution in [0.15, 0.2) is 45.1 Å². The first-order valence-corrected chi connectivity index (χ1v) is 7.79. The van der Waals surface area contributed by atoms with Gasteiger partial charge in [0.2, 0.25) is 0 Å². The molecule has 0 bridgehead atoms. The van der Waals surface area contributed by atoms with Gasteiger partial charge in [0, 0.05) is 11.4 Å². The molecule has 0 unspecified atom stereocenters. The van der Waals surface area contributed by atoms with E-state index in [9.17, 15) is 9.59 Å². The predicted octanol–water partition coefficient (Wildman–Crippen LogP) is 2.47. The number of nitrogens with zero attached hydrogens (tertiary/aromatic N) is 3. The van der Waals surface area contributed by atoms with Gasteiger partial charge in [-0.05, 0) is 32.0 Å². The van der Waals surface area contributed by atoms with Gasteiger partial charge in [0.15, 0.2) is 10.9 Å². The number of anilines is 1. The Hall–Kier alpha value is -2.74. The molecule has 0 fully saturated rings. The summed E-state index contributed by atoms with van der Waals surface area (Å²) in [6.45, 7) is 3.45. The van der Waals surface area contributed by atoms with Crippen LogP contribution >= 0.6 is 11.3 Å². The van der Waals surface area contributed by atoms with Crippen molar-refractivity contribution in [2.24, 2.45) is 0 Å². The lowest BCUT2D eigenvalue weighted by Crippen LogP contribution is -2.33. The van der Waals surface area contributed by atoms with Gasteiger partial charge in [-0.15, -0.1) is 11.3 Å². The summed E-state index contributed by atoms with van der Waals surface area (Å²) in [5.74, 6) is 0.174. The number of rotatable bonds is 4. The maximum atomic E-state index is 12.3. The summed E-state index contributed by atoms with van der Waals surface area (Å²) in [5.41, 5.74) is 0.950. The first-order chi connectivity index (χ1) is 11.0. The van der Waals surface area contributed by atoms with Crippen molar-refractivity contribution < 1.29 is 9.21 Å². The van der Waals surface area contributed by atoms with E-state index in [4.69, 9.17) is 4.42 Å². The Labute approximate surface area is 135 Å². The normalized spacial score (nSPS) is 12.1. The van der Waals surface area contributed by atoms with E-state index in [-0.39, 0.29) is 11.5 Å². The molecule has 3 aromatic heterocycles. The highest BCUT2D eigenvalue weighted by molar-refractivity contribution is 7.13. The quantitative estimate of drug-likeness (QED) is 0.793. The fourth-order valence-electron chi connectivity index (χ4n) is 1.99. The van der Waals surface area contributed by atoms with Crippen LogP contribution in [0, 0.1) is 6.92 Å². The van der Waals surface area contributed by atoms with Crippen molar-refractivity contribution >= 4 is 22.4 Å². The van der Waals surface area contributed by atoms with Gasteiger partial charge in [0.05, 0.1) is 12.0 Å². The van der Waals surface area contributed by atoms with Crippen LogP contribution in [0.5, 0.6) is 0 Å². The molecule has 1 N–H and O–H groups in total. The molecular formula is C15H14N4O3S. The predicted molar refractivity (Wildman–Crippen MR) is 86.4 cm³/mol. The van der Waals surface area contributed by atoms with Crippen LogP contribution in [0.3, 0.4) is 0 Å². The minimum atomic E-state index is -0.776. The third kappa shape index (κ3) is 3.21. The fraction of sp³-hybridized carbons (Fsp3) is 0.200. The van der Waals surface area contributed by atoms with Crippen LogP contribution in [0.2, 0.25) is 0 Å². The molecule has 7 nitrogen and oxygen atoms in total. The standard InChI is InChI=1S/C15H14N4O3S/c1-9-8-23-15(16-9)17-14(21)10(2)19-13(20)6-5-11(18-19)12-4-3-7-22-12/h3-8,10H,1-2H3,(H,16,17,21)/t10-/m1/s1. The van der Waals surface area contributed by atoms with Crippen LogP contribution in [0.4, 0.5) is 5.13 Å². The summed E-state index contributed by atoms with van der Waals surface area (Å²) in [6.07, 6.45) is 1.52. The SMILES string of the molecule is Cc1csc(NC(=O)[C@@H](C)n2nc(-c3ccco3)ccc2=O)n1. The molecule has 3 rings (SSSR count). The molecule has 0 saturated carbocycles. The fourth-order valence-corrected chi connectivity index (χ4v) is 2.68. The number of carbonyl (C=O) groups excluding carboxylic acids is 1. The third-order valence-corrected chi connectivity index (χ3v) is 4.07. The molecule has 0 aromatic carbocycles. The van der Waals surface area contributed by atoms with Gasteiger partial charge >= 0.3 is 0 Å². The Kier molecular flexibility index (Phi) is 4.07. The highest BCUT2D eigenvalue weighted by atomic mass is 32.1. The summed E-state index contributed by atoms with van der Waals surface area (Å²) in [4.78, 5) is 28.5. The number of thiazole rings is 1. The molecule has 0 aliphatic carbocycles. The highest BCUT2D eigenvalue weighted by Crippen LogP contribution is 2.18. The number of hydrogen-bond donors (Lipinski definition) is 1. The second-order valence-electron chi connectivity index (χ2n) is 4.94. The minimum absolute atomic E-state index is 0.356. The van der Waals surface area contributed by atoms with E-state index < -0.39 is 6.04 Å². The zero-order valence-electron chi connectivity index (χ0n) is 12.5. The first kappa shape index (κ1) is 15.2. The molecule has 1 atom stereocenters. The zero-order chi connectivity index (χ0) is 16.4. The molecule has 3 heterocycles. The maximum Gasteiger partial charge on any atom is 0.267 e. The molecular weight excluding hydrogens is 316 g/mol. The van der Waals surface area contributed by atoms with Crippen molar-refractivity contribution in [2.75, 3.05) is 5.32 Å². The van der Waals surface area contributed by atoms with E-state index >= 15 is 0 Å². The second kappa shape index (κ2) is 6.17. The third-order valence-electron chi connectivity index (χ3n) is 3.19. The van der Waals surface area contributed by atoms with Crippen LogP contribution in [-0.2, 0) is 4.79 Å². The van der Waals surface area contributed by atoms with Gasteiger partial charge in [-0.2, -0.15) is 5.10 Å². The summed E-state index contributed by atoms with van der Waals surface area (Å²) in [5, 5.41) is 9.23. The van der Waals surface area contributed by atoms with Crippen molar-refractivity contribution in [3.63, 3.8) is 0 Å². The number of furan rings is 1. The Morgan fingerprint density at radius 3 is 2.87 bits per heavy atom. The van der Waals surface area contributed by atoms with Gasteiger partial charge in [-0.1, -0.05) is 0 Å². The summed E-state index contributed by atoms with van der Waals surface area (Å²) < 4.78 is 6.40. The zero-order valence-corrected chi connectivity index (χ0v) is 13.3. The molecule has 0 radical (unpaired) electrons. The van der Waals surface area contributed by atoms with Gasteiger partial charge in [0.1, 0.15) is 11.7 Å². The van der Waals surface area contributed by atoms with Gasteiger partial charge in [0.25, 0.3) is 11.5 Å². The monoisotopic (exact) mass is 330 g/mol. The van der Waals surface area contributed by atoms with Crippen molar-refractivity contribution in [3.8, 4) is 11.5 Å². The van der Waals surface area contributed by atoms with E-state index in [0.29, 0.717) is 16.6 Å². The van der Waals surface area contributed by atoms with Gasteiger partial charge in [-0.25, -0.2) is 9.67 Å². The number of carbonyl (C=O) groups is 1. The molecule has 0 saturated heterocycles. The molecule has 0 aliphatic rings. The molecule has 1 amide bonds. The molecule has 23 heavy (non-hydrogen) atoms. The van der Waals surface area contributed by atoms with Crippen molar-refractivity contribution in [3.05, 3.63) is 52.0 Å². The van der Waals surface area contributed by atoms with Crippen molar-refractivity contribution in [1.82, 2.24) is 14.8 Å². The van der Waals surface area contributed by atoms with Crippen LogP contribution in [-0.4, -0.2) is 20.7 Å². The molecule has 3 aromatic rings. The molecule has 8 heteroatoms. The average Bonchev–Trinajstić information content (AvgIpc) is 3.19. The lowest BCUT2D eigenvalue weighted by Gasteiger charge is -2.13. The Morgan fingerprint density at radius 1 is 1.39 bits per heavy atom. The highest BCUT2D eigenvalue weighted by Gasteiger charge is 2.19. The van der Waals surface area contributed by atoms with E-state index in [2.05, 4.69) is 15.4 Å². The average molecular weight is 330 g/mol. The Balaban J connectivity index is 1.86. The summed E-state index contributed by atoms with van der Waals surface area (Å²) in [6, 6.07) is 5.61. The lowest BCUT2D eigenvalue weighted by molar-refractivity contribution is -0.119. The Morgan fingerprint density at radius 2 is 2.22 bits per heavy atom. The van der Waals surface area contributed by atoms with E-state index in [0.717, 1.165) is 10.4 Å². The van der Waals surface area contributed by atoms with E-state index in [1.807, 2.05) is 12.3 Å². The number of amides is 1. The maximum absolute atomic E-state index is 12.3. The second-order valence-corrected chi connectivity index (χ2v) is 5.80. The summed E-state index contributed by atoms with van der Waals surface area (Å²) >= 11 is 1.33.